The quantitative estimate of drug-likeness (QED) is 0.261. The Morgan fingerprint density at radius 1 is 1.03 bits per heavy atom. The van der Waals surface area contributed by atoms with Crippen molar-refractivity contribution in [3.63, 3.8) is 0 Å². The van der Waals surface area contributed by atoms with Crippen LogP contribution >= 0.6 is 0 Å². The molecule has 1 heterocycles. The van der Waals surface area contributed by atoms with Gasteiger partial charge in [-0.15, -0.1) is 12.3 Å². The van der Waals surface area contributed by atoms with Crippen molar-refractivity contribution in [3.05, 3.63) is 47.3 Å². The van der Waals surface area contributed by atoms with E-state index in [0.717, 1.165) is 40.9 Å². The fourth-order valence-corrected chi connectivity index (χ4v) is 3.45. The van der Waals surface area contributed by atoms with Crippen LogP contribution in [0.25, 0.3) is 0 Å². The Balaban J connectivity index is 2.53. The number of rotatable bonds is 8. The topological polar surface area (TPSA) is 73.7 Å². The number of carbonyl (C=O) groups excluding carboxylic acids is 2. The molecule has 0 fully saturated rings. The molecule has 2 rings (SSSR count). The molecule has 0 radical (unpaired) electrons. The average molecular weight is 536 g/mol. The molecule has 0 saturated heterocycles. The van der Waals surface area contributed by atoms with Gasteiger partial charge < -0.3 is 9.47 Å². The maximum absolute atomic E-state index is 13.3. The lowest BCUT2D eigenvalue weighted by Gasteiger charge is -2.27. The molecule has 0 bridgehead atoms. The van der Waals surface area contributed by atoms with Gasteiger partial charge in [-0.25, -0.2) is 24.0 Å². The molecule has 1 amide bonds. The van der Waals surface area contributed by atoms with E-state index in [9.17, 15) is 22.8 Å². The zero-order valence-electron chi connectivity index (χ0n) is 22.8. The first kappa shape index (κ1) is 30.7. The predicted molar refractivity (Wildman–Crippen MR) is 139 cm³/mol. The van der Waals surface area contributed by atoms with Gasteiger partial charge in [0.1, 0.15) is 11.2 Å². The third-order valence-electron chi connectivity index (χ3n) is 5.03. The van der Waals surface area contributed by atoms with Gasteiger partial charge >= 0.3 is 18.4 Å². The van der Waals surface area contributed by atoms with Gasteiger partial charge in [0, 0.05) is 12.6 Å². The Kier molecular flexibility index (Phi) is 10.0. The fraction of sp³-hybridized carbons (Fsp3) is 0.536. The molecular weight excluding hydrogens is 499 g/mol. The molecule has 38 heavy (non-hydrogen) atoms. The van der Waals surface area contributed by atoms with E-state index in [1.165, 1.54) is 18.3 Å². The predicted octanol–water partition coefficient (Wildman–Crippen LogP) is 7.36. The first-order valence-electron chi connectivity index (χ1n) is 12.4. The van der Waals surface area contributed by atoms with Gasteiger partial charge in [-0.05, 0) is 78.5 Å². The highest BCUT2D eigenvalue weighted by Crippen LogP contribution is 2.30. The Morgan fingerprint density at radius 2 is 1.68 bits per heavy atom. The molecule has 0 atom stereocenters. The second-order valence-electron chi connectivity index (χ2n) is 10.9. The minimum Gasteiger partial charge on any atom is -0.443 e. The van der Waals surface area contributed by atoms with Crippen LogP contribution in [-0.2, 0) is 28.6 Å². The largest absolute Gasteiger partial charge is 0.443 e. The summed E-state index contributed by atoms with van der Waals surface area (Å²) in [6.07, 6.45) is 4.15. The number of terminal acetylenes is 1. The fourth-order valence-electron chi connectivity index (χ4n) is 3.45. The molecule has 1 aromatic heterocycles. The Morgan fingerprint density at radius 3 is 2.26 bits per heavy atom. The van der Waals surface area contributed by atoms with Crippen molar-refractivity contribution in [2.75, 3.05) is 4.90 Å². The lowest BCUT2D eigenvalue weighted by Crippen LogP contribution is -2.39. The summed E-state index contributed by atoms with van der Waals surface area (Å²) in [6.45, 7) is 9.76. The van der Waals surface area contributed by atoms with Crippen molar-refractivity contribution in [3.8, 4) is 12.3 Å². The van der Waals surface area contributed by atoms with E-state index in [4.69, 9.17) is 15.9 Å². The van der Waals surface area contributed by atoms with Gasteiger partial charge in [0.15, 0.2) is 0 Å². The number of hydrogen-bond donors (Lipinski definition) is 0. The van der Waals surface area contributed by atoms with Crippen LogP contribution < -0.4 is 4.90 Å². The van der Waals surface area contributed by atoms with Gasteiger partial charge in [0.25, 0.3) is 0 Å². The first-order valence-corrected chi connectivity index (χ1v) is 12.4. The minimum atomic E-state index is -4.56. The van der Waals surface area contributed by atoms with E-state index in [-0.39, 0.29) is 18.1 Å². The molecule has 7 nitrogen and oxygen atoms in total. The third-order valence-corrected chi connectivity index (χ3v) is 5.03. The van der Waals surface area contributed by atoms with E-state index >= 15 is 0 Å². The Bertz CT molecular complexity index is 1150. The summed E-state index contributed by atoms with van der Waals surface area (Å²) >= 11 is 0. The third kappa shape index (κ3) is 9.77. The van der Waals surface area contributed by atoms with Crippen molar-refractivity contribution >= 4 is 18.1 Å². The Labute approximate surface area is 222 Å². The number of unbranched alkanes of at least 4 members (excludes halogenated alkanes) is 3. The van der Waals surface area contributed by atoms with Gasteiger partial charge in [-0.2, -0.15) is 13.2 Å². The van der Waals surface area contributed by atoms with Crippen molar-refractivity contribution in [2.45, 2.75) is 97.6 Å². The molecule has 0 saturated carbocycles. The maximum atomic E-state index is 13.3. The SMILES string of the molecule is C#CCCCCCc1cn(C(=O)OC(C)(C)C)c(N(Cc2cccc(C(F)(F)F)c2)C(=O)OC(C)(C)C)n1. The van der Waals surface area contributed by atoms with Crippen LogP contribution in [0.1, 0.15) is 84.0 Å². The molecule has 0 unspecified atom stereocenters. The second-order valence-corrected chi connectivity index (χ2v) is 10.9. The van der Waals surface area contributed by atoms with Crippen molar-refractivity contribution in [2.24, 2.45) is 0 Å². The normalized spacial score (nSPS) is 12.1. The molecule has 0 spiro atoms. The summed E-state index contributed by atoms with van der Waals surface area (Å²) in [5, 5.41) is 0. The number of imidazole rings is 1. The van der Waals surface area contributed by atoms with E-state index in [1.54, 1.807) is 41.5 Å². The van der Waals surface area contributed by atoms with Gasteiger partial charge in [0.2, 0.25) is 5.95 Å². The van der Waals surface area contributed by atoms with E-state index in [1.807, 2.05) is 0 Å². The molecule has 0 aliphatic carbocycles. The molecule has 1 aromatic carbocycles. The highest BCUT2D eigenvalue weighted by molar-refractivity contribution is 5.88. The molecule has 0 aliphatic rings. The molecule has 0 N–H and O–H groups in total. The molecule has 10 heteroatoms. The first-order chi connectivity index (χ1) is 17.5. The van der Waals surface area contributed by atoms with Crippen LogP contribution in [0.5, 0.6) is 0 Å². The van der Waals surface area contributed by atoms with Crippen LogP contribution in [-0.4, -0.2) is 32.9 Å². The van der Waals surface area contributed by atoms with Gasteiger partial charge in [-0.1, -0.05) is 18.6 Å². The number of anilines is 1. The molecular formula is C28H36F3N3O4. The van der Waals surface area contributed by atoms with Crippen molar-refractivity contribution in [1.29, 1.82) is 0 Å². The summed E-state index contributed by atoms with van der Waals surface area (Å²) in [5.74, 6) is 2.48. The number of carbonyl (C=O) groups is 2. The van der Waals surface area contributed by atoms with Gasteiger partial charge in [0.05, 0.1) is 17.8 Å². The second kappa shape index (κ2) is 12.4. The summed E-state index contributed by atoms with van der Waals surface area (Å²) in [4.78, 5) is 32.0. The highest BCUT2D eigenvalue weighted by atomic mass is 19.4. The lowest BCUT2D eigenvalue weighted by molar-refractivity contribution is -0.137. The molecule has 208 valence electrons. The summed E-state index contributed by atoms with van der Waals surface area (Å²) < 4.78 is 52.2. The van der Waals surface area contributed by atoms with E-state index in [2.05, 4.69) is 10.9 Å². The zero-order valence-corrected chi connectivity index (χ0v) is 22.8. The number of ether oxygens (including phenoxy) is 2. The standard InChI is InChI=1S/C28H36F3N3O4/c1-8-9-10-11-12-16-22-19-34(25(36)38-27(5,6)7)23(32-22)33(24(35)37-26(2,3)4)18-20-14-13-15-21(17-20)28(29,30)31/h1,13-15,17,19H,9-12,16,18H2,2-7H3. The van der Waals surface area contributed by atoms with Crippen LogP contribution in [0.4, 0.5) is 28.7 Å². The maximum Gasteiger partial charge on any atom is 0.421 e. The van der Waals surface area contributed by atoms with Crippen LogP contribution in [0.2, 0.25) is 0 Å². The van der Waals surface area contributed by atoms with E-state index < -0.39 is 35.1 Å². The van der Waals surface area contributed by atoms with Gasteiger partial charge in [-0.3, -0.25) is 0 Å². The number of hydrogen-bond acceptors (Lipinski definition) is 5. The summed E-state index contributed by atoms with van der Waals surface area (Å²) in [5.41, 5.74) is -1.91. The molecule has 0 aliphatic heterocycles. The number of aryl methyl sites for hydroxylation is 1. The summed E-state index contributed by atoms with van der Waals surface area (Å²) in [7, 11) is 0. The number of alkyl halides is 3. The lowest BCUT2D eigenvalue weighted by atomic mass is 10.1. The van der Waals surface area contributed by atoms with Crippen molar-refractivity contribution in [1.82, 2.24) is 9.55 Å². The van der Waals surface area contributed by atoms with E-state index in [0.29, 0.717) is 18.5 Å². The molecule has 2 aromatic rings. The smallest absolute Gasteiger partial charge is 0.421 e. The number of amides is 1. The van der Waals surface area contributed by atoms with Crippen LogP contribution in [0.15, 0.2) is 30.5 Å². The van der Waals surface area contributed by atoms with Crippen LogP contribution in [0.3, 0.4) is 0 Å². The minimum absolute atomic E-state index is 0.107. The van der Waals surface area contributed by atoms with Crippen LogP contribution in [0, 0.1) is 12.3 Å². The number of halogens is 3. The number of benzene rings is 1. The zero-order chi connectivity index (χ0) is 28.7. The highest BCUT2D eigenvalue weighted by Gasteiger charge is 2.33. The number of aromatic nitrogens is 2. The average Bonchev–Trinajstić information content (AvgIpc) is 3.18. The Hall–Kier alpha value is -3.48. The van der Waals surface area contributed by atoms with Crippen molar-refractivity contribution < 1.29 is 32.2 Å². The summed E-state index contributed by atoms with van der Waals surface area (Å²) in [6, 6.07) is 4.61. The number of nitrogens with zero attached hydrogens (tertiary/aromatic N) is 3. The monoisotopic (exact) mass is 535 g/mol.